The Morgan fingerprint density at radius 1 is 1.53 bits per heavy atom. The van der Waals surface area contributed by atoms with Crippen molar-refractivity contribution < 1.29 is 14.7 Å². The Bertz CT molecular complexity index is 428. The summed E-state index contributed by atoms with van der Waals surface area (Å²) in [6, 6.07) is 2.60. The summed E-state index contributed by atoms with van der Waals surface area (Å²) in [6.45, 7) is 3.35. The van der Waals surface area contributed by atoms with Crippen molar-refractivity contribution in [3.63, 3.8) is 0 Å². The third kappa shape index (κ3) is 4.40. The number of hydrogen-bond acceptors (Lipinski definition) is 3. The Balaban J connectivity index is 2.72. The number of hydrogen-bond donors (Lipinski definition) is 2. The number of pyridine rings is 1. The van der Waals surface area contributed by atoms with Crippen molar-refractivity contribution >= 4 is 23.5 Å². The molecular weight excluding hydrogens is 244 g/mol. The van der Waals surface area contributed by atoms with E-state index in [1.165, 1.54) is 6.07 Å². The predicted octanol–water partition coefficient (Wildman–Crippen LogP) is 1.64. The second kappa shape index (κ2) is 5.63. The van der Waals surface area contributed by atoms with Crippen LogP contribution >= 0.6 is 11.6 Å². The van der Waals surface area contributed by atoms with Gasteiger partial charge in [-0.25, -0.2) is 4.98 Å². The molecular formula is C11H13ClN2O3. The molecule has 92 valence electrons. The van der Waals surface area contributed by atoms with Crippen molar-refractivity contribution in [1.29, 1.82) is 0 Å². The topological polar surface area (TPSA) is 79.3 Å². The molecule has 0 saturated carbocycles. The average molecular weight is 257 g/mol. The van der Waals surface area contributed by atoms with E-state index in [-0.39, 0.29) is 17.5 Å². The SMILES string of the molecule is Cc1cc(C(=O)NC(C)CC(=O)O)cc(Cl)n1. The summed E-state index contributed by atoms with van der Waals surface area (Å²) in [5, 5.41) is 11.4. The van der Waals surface area contributed by atoms with Gasteiger partial charge >= 0.3 is 5.97 Å². The Morgan fingerprint density at radius 2 is 2.18 bits per heavy atom. The molecule has 1 aromatic heterocycles. The number of rotatable bonds is 4. The van der Waals surface area contributed by atoms with Gasteiger partial charge in [-0.1, -0.05) is 11.6 Å². The Morgan fingerprint density at radius 3 is 2.71 bits per heavy atom. The molecule has 1 amide bonds. The van der Waals surface area contributed by atoms with Crippen LogP contribution in [0.25, 0.3) is 0 Å². The second-order valence-corrected chi connectivity index (χ2v) is 4.18. The molecule has 0 fully saturated rings. The lowest BCUT2D eigenvalue weighted by Crippen LogP contribution is -2.34. The Hall–Kier alpha value is -1.62. The zero-order valence-corrected chi connectivity index (χ0v) is 10.3. The van der Waals surface area contributed by atoms with Crippen molar-refractivity contribution in [1.82, 2.24) is 10.3 Å². The van der Waals surface area contributed by atoms with Gasteiger partial charge in [-0.05, 0) is 26.0 Å². The van der Waals surface area contributed by atoms with Crippen LogP contribution in [0.3, 0.4) is 0 Å². The summed E-state index contributed by atoms with van der Waals surface area (Å²) >= 11 is 5.73. The molecule has 1 heterocycles. The zero-order valence-electron chi connectivity index (χ0n) is 9.53. The molecule has 0 aliphatic rings. The molecule has 17 heavy (non-hydrogen) atoms. The van der Waals surface area contributed by atoms with Crippen molar-refractivity contribution in [3.05, 3.63) is 28.5 Å². The summed E-state index contributed by atoms with van der Waals surface area (Å²) in [5.41, 5.74) is 1.01. The van der Waals surface area contributed by atoms with Gasteiger partial charge < -0.3 is 10.4 Å². The van der Waals surface area contributed by atoms with E-state index in [0.717, 1.165) is 0 Å². The van der Waals surface area contributed by atoms with Crippen LogP contribution < -0.4 is 5.32 Å². The number of nitrogens with zero attached hydrogens (tertiary/aromatic N) is 1. The Kier molecular flexibility index (Phi) is 4.45. The largest absolute Gasteiger partial charge is 0.481 e. The summed E-state index contributed by atoms with van der Waals surface area (Å²) in [6.07, 6.45) is -0.121. The fraction of sp³-hybridized carbons (Fsp3) is 0.364. The van der Waals surface area contributed by atoms with Gasteiger partial charge in [0.05, 0.1) is 6.42 Å². The van der Waals surface area contributed by atoms with Gasteiger partial charge in [-0.15, -0.1) is 0 Å². The van der Waals surface area contributed by atoms with E-state index in [1.54, 1.807) is 19.9 Å². The molecule has 5 nitrogen and oxygen atoms in total. The molecule has 0 aromatic carbocycles. The Labute approximate surface area is 104 Å². The minimum Gasteiger partial charge on any atom is -0.481 e. The molecule has 1 unspecified atom stereocenters. The molecule has 1 atom stereocenters. The van der Waals surface area contributed by atoms with Gasteiger partial charge in [-0.3, -0.25) is 9.59 Å². The van der Waals surface area contributed by atoms with Gasteiger partial charge in [0.1, 0.15) is 5.15 Å². The summed E-state index contributed by atoms with van der Waals surface area (Å²) in [7, 11) is 0. The number of amides is 1. The molecule has 1 aromatic rings. The molecule has 2 N–H and O–H groups in total. The maximum absolute atomic E-state index is 11.8. The summed E-state index contributed by atoms with van der Waals surface area (Å²) < 4.78 is 0. The van der Waals surface area contributed by atoms with Crippen molar-refractivity contribution in [2.24, 2.45) is 0 Å². The maximum Gasteiger partial charge on any atom is 0.305 e. The zero-order chi connectivity index (χ0) is 13.0. The lowest BCUT2D eigenvalue weighted by Gasteiger charge is -2.11. The van der Waals surface area contributed by atoms with Crippen LogP contribution in [-0.2, 0) is 4.79 Å². The highest BCUT2D eigenvalue weighted by Crippen LogP contribution is 2.10. The molecule has 0 spiro atoms. The van der Waals surface area contributed by atoms with Crippen LogP contribution in [0.5, 0.6) is 0 Å². The first-order valence-electron chi connectivity index (χ1n) is 5.05. The molecule has 0 saturated heterocycles. The highest BCUT2D eigenvalue weighted by atomic mass is 35.5. The fourth-order valence-corrected chi connectivity index (χ4v) is 1.63. The van der Waals surface area contributed by atoms with Gasteiger partial charge in [0.25, 0.3) is 5.91 Å². The van der Waals surface area contributed by atoms with Gasteiger partial charge in [0, 0.05) is 17.3 Å². The van der Waals surface area contributed by atoms with Gasteiger partial charge in [0.15, 0.2) is 0 Å². The van der Waals surface area contributed by atoms with Crippen LogP contribution in [0.4, 0.5) is 0 Å². The minimum absolute atomic E-state index is 0.121. The number of aryl methyl sites for hydroxylation is 1. The first-order chi connectivity index (χ1) is 7.88. The van der Waals surface area contributed by atoms with E-state index in [2.05, 4.69) is 10.3 Å². The fourth-order valence-electron chi connectivity index (χ4n) is 1.38. The lowest BCUT2D eigenvalue weighted by molar-refractivity contribution is -0.137. The second-order valence-electron chi connectivity index (χ2n) is 3.79. The van der Waals surface area contributed by atoms with Gasteiger partial charge in [0.2, 0.25) is 0 Å². The van der Waals surface area contributed by atoms with E-state index in [0.29, 0.717) is 11.3 Å². The molecule has 0 aliphatic carbocycles. The molecule has 1 rings (SSSR count). The third-order valence-electron chi connectivity index (χ3n) is 2.04. The molecule has 0 bridgehead atoms. The number of carboxylic acids is 1. The molecule has 0 aliphatic heterocycles. The van der Waals surface area contributed by atoms with Crippen LogP contribution in [0.1, 0.15) is 29.4 Å². The van der Waals surface area contributed by atoms with Crippen LogP contribution in [0, 0.1) is 6.92 Å². The van der Waals surface area contributed by atoms with E-state index in [1.807, 2.05) is 0 Å². The smallest absolute Gasteiger partial charge is 0.305 e. The van der Waals surface area contributed by atoms with Crippen molar-refractivity contribution in [2.75, 3.05) is 0 Å². The average Bonchev–Trinajstić information content (AvgIpc) is 2.14. The predicted molar refractivity (Wildman–Crippen MR) is 63.2 cm³/mol. The van der Waals surface area contributed by atoms with Crippen LogP contribution in [-0.4, -0.2) is 28.0 Å². The normalized spacial score (nSPS) is 11.9. The van der Waals surface area contributed by atoms with E-state index in [4.69, 9.17) is 16.7 Å². The van der Waals surface area contributed by atoms with Crippen LogP contribution in [0.2, 0.25) is 5.15 Å². The number of nitrogens with one attached hydrogen (secondary N) is 1. The highest BCUT2D eigenvalue weighted by molar-refractivity contribution is 6.29. The number of aromatic nitrogens is 1. The third-order valence-corrected chi connectivity index (χ3v) is 2.24. The molecule has 6 heteroatoms. The number of carbonyl (C=O) groups is 2. The number of carboxylic acid groups (broad SMARTS) is 1. The first-order valence-corrected chi connectivity index (χ1v) is 5.43. The summed E-state index contributed by atoms with van der Waals surface area (Å²) in [5.74, 6) is -1.31. The monoisotopic (exact) mass is 256 g/mol. The first kappa shape index (κ1) is 13.4. The van der Waals surface area contributed by atoms with Crippen molar-refractivity contribution in [2.45, 2.75) is 26.3 Å². The number of halogens is 1. The van der Waals surface area contributed by atoms with E-state index >= 15 is 0 Å². The lowest BCUT2D eigenvalue weighted by atomic mass is 10.2. The number of aliphatic carboxylic acids is 1. The quantitative estimate of drug-likeness (QED) is 0.803. The van der Waals surface area contributed by atoms with Crippen LogP contribution in [0.15, 0.2) is 12.1 Å². The standard InChI is InChI=1S/C11H13ClN2O3/c1-6-3-8(5-9(12)13-6)11(17)14-7(2)4-10(15)16/h3,5,7H,4H2,1-2H3,(H,14,17)(H,15,16). The maximum atomic E-state index is 11.8. The molecule has 0 radical (unpaired) electrons. The van der Waals surface area contributed by atoms with Gasteiger partial charge in [-0.2, -0.15) is 0 Å². The number of carbonyl (C=O) groups excluding carboxylic acids is 1. The summed E-state index contributed by atoms with van der Waals surface area (Å²) in [4.78, 5) is 26.1. The van der Waals surface area contributed by atoms with E-state index < -0.39 is 12.0 Å². The highest BCUT2D eigenvalue weighted by Gasteiger charge is 2.13. The van der Waals surface area contributed by atoms with Crippen molar-refractivity contribution in [3.8, 4) is 0 Å². The van der Waals surface area contributed by atoms with E-state index in [9.17, 15) is 9.59 Å². The minimum atomic E-state index is -0.957.